The first kappa shape index (κ1) is 13.8. The number of rotatable bonds is 5. The molecule has 0 aliphatic heterocycles. The standard InChI is InChI=1S/C14H23NO2/c1-14(2,3)11-6-7-12(16-4)13(10-11)17-9-5-8-15/h6-7,10H,5,8-9,15H2,1-4H3. The minimum absolute atomic E-state index is 0.109. The van der Waals surface area contributed by atoms with E-state index in [4.69, 9.17) is 15.2 Å². The van der Waals surface area contributed by atoms with Crippen molar-refractivity contribution in [2.24, 2.45) is 5.73 Å². The summed E-state index contributed by atoms with van der Waals surface area (Å²) in [6.45, 7) is 7.80. The van der Waals surface area contributed by atoms with Crippen molar-refractivity contribution in [3.63, 3.8) is 0 Å². The number of methoxy groups -OCH3 is 1. The fourth-order valence-electron chi connectivity index (χ4n) is 1.52. The van der Waals surface area contributed by atoms with Crippen LogP contribution in [0, 0.1) is 0 Å². The van der Waals surface area contributed by atoms with E-state index in [1.165, 1.54) is 5.56 Å². The van der Waals surface area contributed by atoms with Gasteiger partial charge in [0.25, 0.3) is 0 Å². The third-order valence-corrected chi connectivity index (χ3v) is 2.64. The maximum atomic E-state index is 5.70. The first-order valence-electron chi connectivity index (χ1n) is 6.00. The Labute approximate surface area is 104 Å². The van der Waals surface area contributed by atoms with Crippen molar-refractivity contribution in [2.45, 2.75) is 32.6 Å². The average Bonchev–Trinajstić information content (AvgIpc) is 2.28. The summed E-state index contributed by atoms with van der Waals surface area (Å²) in [4.78, 5) is 0. The lowest BCUT2D eigenvalue weighted by atomic mass is 9.87. The lowest BCUT2D eigenvalue weighted by Crippen LogP contribution is -2.12. The minimum atomic E-state index is 0.109. The van der Waals surface area contributed by atoms with Gasteiger partial charge in [-0.05, 0) is 36.1 Å². The Balaban J connectivity index is 2.90. The van der Waals surface area contributed by atoms with Crippen molar-refractivity contribution in [2.75, 3.05) is 20.3 Å². The summed E-state index contributed by atoms with van der Waals surface area (Å²) in [5, 5.41) is 0. The normalized spacial score (nSPS) is 11.4. The smallest absolute Gasteiger partial charge is 0.161 e. The fourth-order valence-corrected chi connectivity index (χ4v) is 1.52. The quantitative estimate of drug-likeness (QED) is 0.801. The lowest BCUT2D eigenvalue weighted by Gasteiger charge is -2.21. The van der Waals surface area contributed by atoms with Gasteiger partial charge in [-0.3, -0.25) is 0 Å². The molecule has 0 amide bonds. The summed E-state index contributed by atoms with van der Waals surface area (Å²) in [5.74, 6) is 1.57. The molecule has 0 saturated carbocycles. The van der Waals surface area contributed by atoms with Crippen LogP contribution in [-0.4, -0.2) is 20.3 Å². The van der Waals surface area contributed by atoms with Gasteiger partial charge >= 0.3 is 0 Å². The zero-order valence-corrected chi connectivity index (χ0v) is 11.2. The molecule has 0 aliphatic carbocycles. The first-order chi connectivity index (χ1) is 7.99. The molecular weight excluding hydrogens is 214 g/mol. The van der Waals surface area contributed by atoms with Crippen LogP contribution in [0.4, 0.5) is 0 Å². The monoisotopic (exact) mass is 237 g/mol. The van der Waals surface area contributed by atoms with Crippen molar-refractivity contribution in [3.8, 4) is 11.5 Å². The summed E-state index contributed by atoms with van der Waals surface area (Å²) in [6, 6.07) is 6.09. The van der Waals surface area contributed by atoms with Gasteiger partial charge in [0.1, 0.15) is 0 Å². The summed E-state index contributed by atoms with van der Waals surface area (Å²) >= 11 is 0. The Kier molecular flexibility index (Phi) is 4.82. The van der Waals surface area contributed by atoms with Crippen LogP contribution >= 0.6 is 0 Å². The summed E-state index contributed by atoms with van der Waals surface area (Å²) in [7, 11) is 1.65. The molecule has 1 aromatic carbocycles. The highest BCUT2D eigenvalue weighted by molar-refractivity contribution is 5.44. The highest BCUT2D eigenvalue weighted by atomic mass is 16.5. The van der Waals surface area contributed by atoms with E-state index in [1.807, 2.05) is 6.07 Å². The summed E-state index contributed by atoms with van der Waals surface area (Å²) < 4.78 is 11.0. The van der Waals surface area contributed by atoms with Crippen molar-refractivity contribution in [1.29, 1.82) is 0 Å². The number of nitrogens with two attached hydrogens (primary N) is 1. The largest absolute Gasteiger partial charge is 0.493 e. The van der Waals surface area contributed by atoms with Gasteiger partial charge in [-0.15, -0.1) is 0 Å². The number of benzene rings is 1. The molecule has 0 heterocycles. The van der Waals surface area contributed by atoms with Gasteiger partial charge in [0.05, 0.1) is 13.7 Å². The van der Waals surface area contributed by atoms with Crippen LogP contribution in [0.15, 0.2) is 18.2 Å². The second-order valence-corrected chi connectivity index (χ2v) is 5.11. The highest BCUT2D eigenvalue weighted by Crippen LogP contribution is 2.33. The van der Waals surface area contributed by atoms with E-state index in [1.54, 1.807) is 7.11 Å². The molecule has 0 fully saturated rings. The Morgan fingerprint density at radius 3 is 2.41 bits per heavy atom. The molecule has 17 heavy (non-hydrogen) atoms. The predicted octanol–water partition coefficient (Wildman–Crippen LogP) is 2.72. The molecule has 0 aromatic heterocycles. The molecule has 2 N–H and O–H groups in total. The topological polar surface area (TPSA) is 44.5 Å². The van der Waals surface area contributed by atoms with Gasteiger partial charge in [-0.25, -0.2) is 0 Å². The molecule has 3 nitrogen and oxygen atoms in total. The second kappa shape index (κ2) is 5.92. The average molecular weight is 237 g/mol. The van der Waals surface area contributed by atoms with Gasteiger partial charge in [0.2, 0.25) is 0 Å². The first-order valence-corrected chi connectivity index (χ1v) is 6.00. The molecule has 0 aliphatic rings. The van der Waals surface area contributed by atoms with Crippen LogP contribution < -0.4 is 15.2 Å². The van der Waals surface area contributed by atoms with Gasteiger partial charge in [0.15, 0.2) is 11.5 Å². The fraction of sp³-hybridized carbons (Fsp3) is 0.571. The Morgan fingerprint density at radius 2 is 1.88 bits per heavy atom. The van der Waals surface area contributed by atoms with Gasteiger partial charge in [-0.2, -0.15) is 0 Å². The highest BCUT2D eigenvalue weighted by Gasteiger charge is 2.16. The molecule has 96 valence electrons. The third kappa shape index (κ3) is 3.93. The molecule has 3 heteroatoms. The van der Waals surface area contributed by atoms with E-state index in [9.17, 15) is 0 Å². The number of hydrogen-bond donors (Lipinski definition) is 1. The molecule has 1 aromatic rings. The minimum Gasteiger partial charge on any atom is -0.493 e. The van der Waals surface area contributed by atoms with Crippen LogP contribution in [0.5, 0.6) is 11.5 Å². The van der Waals surface area contributed by atoms with Crippen LogP contribution in [0.25, 0.3) is 0 Å². The third-order valence-electron chi connectivity index (χ3n) is 2.64. The Hall–Kier alpha value is -1.22. The maximum Gasteiger partial charge on any atom is 0.161 e. The van der Waals surface area contributed by atoms with Crippen LogP contribution in [0.1, 0.15) is 32.8 Å². The van der Waals surface area contributed by atoms with Crippen molar-refractivity contribution in [3.05, 3.63) is 23.8 Å². The molecule has 1 rings (SSSR count). The predicted molar refractivity (Wildman–Crippen MR) is 70.9 cm³/mol. The van der Waals surface area contributed by atoms with E-state index in [2.05, 4.69) is 32.9 Å². The van der Waals surface area contributed by atoms with E-state index in [-0.39, 0.29) is 5.41 Å². The summed E-state index contributed by atoms with van der Waals surface area (Å²) in [6.07, 6.45) is 0.850. The SMILES string of the molecule is COc1ccc(C(C)(C)C)cc1OCCCN. The zero-order valence-electron chi connectivity index (χ0n) is 11.2. The van der Waals surface area contributed by atoms with Crippen LogP contribution in [0.2, 0.25) is 0 Å². The Morgan fingerprint density at radius 1 is 1.18 bits per heavy atom. The van der Waals surface area contributed by atoms with Crippen LogP contribution in [0.3, 0.4) is 0 Å². The number of ether oxygens (including phenoxy) is 2. The molecular formula is C14H23NO2. The number of hydrogen-bond acceptors (Lipinski definition) is 3. The molecule has 0 unspecified atom stereocenters. The van der Waals surface area contributed by atoms with E-state index < -0.39 is 0 Å². The van der Waals surface area contributed by atoms with Gasteiger partial charge in [0, 0.05) is 0 Å². The van der Waals surface area contributed by atoms with Crippen molar-refractivity contribution in [1.82, 2.24) is 0 Å². The lowest BCUT2D eigenvalue weighted by molar-refractivity contribution is 0.290. The summed E-state index contributed by atoms with van der Waals surface area (Å²) in [5.41, 5.74) is 6.80. The maximum absolute atomic E-state index is 5.70. The van der Waals surface area contributed by atoms with Gasteiger partial charge < -0.3 is 15.2 Å². The van der Waals surface area contributed by atoms with Crippen molar-refractivity contribution < 1.29 is 9.47 Å². The van der Waals surface area contributed by atoms with E-state index >= 15 is 0 Å². The molecule has 0 saturated heterocycles. The second-order valence-electron chi connectivity index (χ2n) is 5.11. The van der Waals surface area contributed by atoms with E-state index in [0.29, 0.717) is 13.2 Å². The van der Waals surface area contributed by atoms with Crippen molar-refractivity contribution >= 4 is 0 Å². The zero-order chi connectivity index (χ0) is 12.9. The molecule has 0 bridgehead atoms. The molecule has 0 radical (unpaired) electrons. The Bertz CT molecular complexity index is 356. The molecule has 0 atom stereocenters. The van der Waals surface area contributed by atoms with Gasteiger partial charge in [-0.1, -0.05) is 26.8 Å². The van der Waals surface area contributed by atoms with E-state index in [0.717, 1.165) is 17.9 Å². The van der Waals surface area contributed by atoms with Crippen LogP contribution in [-0.2, 0) is 5.41 Å². The molecule has 0 spiro atoms.